The molecule has 33 heavy (non-hydrogen) atoms. The molecular formula is C24H29N7O2. The molecule has 0 spiro atoms. The first-order valence-electron chi connectivity index (χ1n) is 11.3. The number of nitrogens with one attached hydrogen (secondary N) is 1. The first-order chi connectivity index (χ1) is 15.8. The quantitative estimate of drug-likeness (QED) is 0.464. The topological polar surface area (TPSA) is 101 Å². The Bertz CT molecular complexity index is 1320. The van der Waals surface area contributed by atoms with Crippen LogP contribution in [0.2, 0.25) is 0 Å². The standard InChI is InChI=1S/C24H29N7O2/c1-15-22(27-18-11-16(33-4)7-8-17(18)26-15)20-13-31-23(28-20)19(25-14-24(2,3)32)12-21(29-31)30-9-5-6-10-30/h7-8,11-13,25,32H,5-6,9-10,14H2,1-4H3. The van der Waals surface area contributed by atoms with Gasteiger partial charge in [-0.05, 0) is 45.7 Å². The van der Waals surface area contributed by atoms with Crippen molar-refractivity contribution in [2.45, 2.75) is 39.2 Å². The molecule has 0 radical (unpaired) electrons. The zero-order chi connectivity index (χ0) is 23.2. The molecule has 1 aromatic carbocycles. The fourth-order valence-electron chi connectivity index (χ4n) is 4.11. The van der Waals surface area contributed by atoms with Gasteiger partial charge < -0.3 is 20.1 Å². The molecular weight excluding hydrogens is 418 g/mol. The summed E-state index contributed by atoms with van der Waals surface area (Å²) in [4.78, 5) is 16.7. The van der Waals surface area contributed by atoms with E-state index in [0.29, 0.717) is 23.6 Å². The Morgan fingerprint density at radius 2 is 1.88 bits per heavy atom. The zero-order valence-corrected chi connectivity index (χ0v) is 19.5. The number of hydrogen-bond donors (Lipinski definition) is 2. The van der Waals surface area contributed by atoms with Crippen molar-refractivity contribution in [3.63, 3.8) is 0 Å². The number of rotatable bonds is 6. The number of benzene rings is 1. The summed E-state index contributed by atoms with van der Waals surface area (Å²) in [5, 5.41) is 18.5. The van der Waals surface area contributed by atoms with Crippen LogP contribution >= 0.6 is 0 Å². The number of anilines is 2. The lowest BCUT2D eigenvalue weighted by atomic mass is 10.1. The summed E-state index contributed by atoms with van der Waals surface area (Å²) in [6.45, 7) is 7.86. The smallest absolute Gasteiger partial charge is 0.177 e. The number of fused-ring (bicyclic) bond motifs is 2. The molecule has 0 unspecified atom stereocenters. The lowest BCUT2D eigenvalue weighted by Crippen LogP contribution is -2.29. The van der Waals surface area contributed by atoms with Crippen molar-refractivity contribution in [3.05, 3.63) is 36.2 Å². The Hall–Kier alpha value is -3.46. The van der Waals surface area contributed by atoms with E-state index in [4.69, 9.17) is 24.8 Å². The van der Waals surface area contributed by atoms with E-state index in [0.717, 1.165) is 59.9 Å². The number of methoxy groups -OCH3 is 1. The second kappa shape index (κ2) is 8.15. The van der Waals surface area contributed by atoms with Crippen LogP contribution in [-0.4, -0.2) is 62.0 Å². The summed E-state index contributed by atoms with van der Waals surface area (Å²) in [6.07, 6.45) is 4.22. The Labute approximate surface area is 192 Å². The van der Waals surface area contributed by atoms with Gasteiger partial charge in [-0.2, -0.15) is 0 Å². The number of ether oxygens (including phenoxy) is 1. The van der Waals surface area contributed by atoms with E-state index in [1.807, 2.05) is 37.4 Å². The Kier molecular flexibility index (Phi) is 5.28. The van der Waals surface area contributed by atoms with Crippen LogP contribution in [0.4, 0.5) is 11.5 Å². The van der Waals surface area contributed by atoms with E-state index in [1.165, 1.54) is 0 Å². The third kappa shape index (κ3) is 4.28. The average Bonchev–Trinajstić information content (AvgIpc) is 3.46. The van der Waals surface area contributed by atoms with E-state index in [9.17, 15) is 5.11 Å². The maximum Gasteiger partial charge on any atom is 0.177 e. The second-order valence-electron chi connectivity index (χ2n) is 9.18. The number of nitrogens with zero attached hydrogens (tertiary/aromatic N) is 6. The number of aromatic nitrogens is 5. The maximum atomic E-state index is 10.3. The molecule has 0 bridgehead atoms. The van der Waals surface area contributed by atoms with Gasteiger partial charge in [-0.3, -0.25) is 0 Å². The number of imidazole rings is 1. The van der Waals surface area contributed by atoms with Gasteiger partial charge in [0.1, 0.15) is 17.1 Å². The van der Waals surface area contributed by atoms with Crippen LogP contribution < -0.4 is 15.0 Å². The highest BCUT2D eigenvalue weighted by Crippen LogP contribution is 2.29. The predicted molar refractivity (Wildman–Crippen MR) is 129 cm³/mol. The molecule has 1 saturated heterocycles. The number of hydrogen-bond acceptors (Lipinski definition) is 8. The van der Waals surface area contributed by atoms with Crippen LogP contribution in [0.15, 0.2) is 30.5 Å². The van der Waals surface area contributed by atoms with Crippen LogP contribution in [0, 0.1) is 6.92 Å². The molecule has 4 heterocycles. The van der Waals surface area contributed by atoms with E-state index >= 15 is 0 Å². The van der Waals surface area contributed by atoms with Gasteiger partial charge in [0.25, 0.3) is 0 Å². The van der Waals surface area contributed by atoms with Crippen molar-refractivity contribution in [3.8, 4) is 17.1 Å². The Morgan fingerprint density at radius 1 is 1.09 bits per heavy atom. The largest absolute Gasteiger partial charge is 0.497 e. The molecule has 9 heteroatoms. The molecule has 0 amide bonds. The van der Waals surface area contributed by atoms with Crippen LogP contribution in [0.3, 0.4) is 0 Å². The highest BCUT2D eigenvalue weighted by Gasteiger charge is 2.21. The molecule has 0 saturated carbocycles. The molecule has 9 nitrogen and oxygen atoms in total. The molecule has 1 aliphatic heterocycles. The predicted octanol–water partition coefficient (Wildman–Crippen LogP) is 3.44. The fraction of sp³-hybridized carbons (Fsp3) is 0.417. The fourth-order valence-corrected chi connectivity index (χ4v) is 4.11. The van der Waals surface area contributed by atoms with Gasteiger partial charge in [0.2, 0.25) is 0 Å². The maximum absolute atomic E-state index is 10.3. The van der Waals surface area contributed by atoms with E-state index in [2.05, 4.69) is 10.2 Å². The lowest BCUT2D eigenvalue weighted by Gasteiger charge is -2.21. The molecule has 0 aliphatic carbocycles. The summed E-state index contributed by atoms with van der Waals surface area (Å²) >= 11 is 0. The van der Waals surface area contributed by atoms with E-state index < -0.39 is 5.60 Å². The summed E-state index contributed by atoms with van der Waals surface area (Å²) in [5.74, 6) is 1.63. The van der Waals surface area contributed by atoms with Gasteiger partial charge in [0.05, 0.1) is 41.3 Å². The zero-order valence-electron chi connectivity index (χ0n) is 19.5. The monoisotopic (exact) mass is 447 g/mol. The van der Waals surface area contributed by atoms with Crippen LogP contribution in [0.1, 0.15) is 32.4 Å². The highest BCUT2D eigenvalue weighted by atomic mass is 16.5. The Morgan fingerprint density at radius 3 is 2.61 bits per heavy atom. The van der Waals surface area contributed by atoms with Crippen LogP contribution in [0.5, 0.6) is 5.75 Å². The van der Waals surface area contributed by atoms with Crippen molar-refractivity contribution in [1.29, 1.82) is 0 Å². The van der Waals surface area contributed by atoms with Crippen molar-refractivity contribution in [2.75, 3.05) is 37.0 Å². The SMILES string of the molecule is COc1ccc2nc(C)c(-c3cn4nc(N5CCCC5)cc(NCC(C)(C)O)c4n3)nc2c1. The van der Waals surface area contributed by atoms with Crippen molar-refractivity contribution in [2.24, 2.45) is 0 Å². The normalized spacial score (nSPS) is 14.4. The van der Waals surface area contributed by atoms with E-state index in [-0.39, 0.29) is 0 Å². The molecule has 1 fully saturated rings. The third-order valence-corrected chi connectivity index (χ3v) is 5.84. The van der Waals surface area contributed by atoms with Gasteiger partial charge in [-0.1, -0.05) is 0 Å². The van der Waals surface area contributed by atoms with Crippen molar-refractivity contribution >= 4 is 28.2 Å². The first-order valence-corrected chi connectivity index (χ1v) is 11.3. The van der Waals surface area contributed by atoms with Gasteiger partial charge >= 0.3 is 0 Å². The minimum Gasteiger partial charge on any atom is -0.497 e. The first kappa shape index (κ1) is 21.4. The molecule has 1 aliphatic rings. The van der Waals surface area contributed by atoms with Gasteiger partial charge in [-0.25, -0.2) is 19.5 Å². The molecule has 4 aromatic rings. The van der Waals surface area contributed by atoms with Crippen LogP contribution in [-0.2, 0) is 0 Å². The van der Waals surface area contributed by atoms with Gasteiger partial charge in [-0.15, -0.1) is 5.10 Å². The molecule has 172 valence electrons. The number of aliphatic hydroxyl groups is 1. The molecule has 3 aromatic heterocycles. The molecule has 5 rings (SSSR count). The highest BCUT2D eigenvalue weighted by molar-refractivity contribution is 5.80. The number of aryl methyl sites for hydroxylation is 1. The molecule has 2 N–H and O–H groups in total. The summed E-state index contributed by atoms with van der Waals surface area (Å²) in [6, 6.07) is 7.68. The van der Waals surface area contributed by atoms with Crippen molar-refractivity contribution < 1.29 is 9.84 Å². The summed E-state index contributed by atoms with van der Waals surface area (Å²) in [5.41, 5.74) is 4.41. The summed E-state index contributed by atoms with van der Waals surface area (Å²) in [7, 11) is 1.64. The van der Waals surface area contributed by atoms with Crippen molar-refractivity contribution in [1.82, 2.24) is 24.6 Å². The average molecular weight is 448 g/mol. The third-order valence-electron chi connectivity index (χ3n) is 5.84. The second-order valence-corrected chi connectivity index (χ2v) is 9.18. The minimum absolute atomic E-state index is 0.392. The lowest BCUT2D eigenvalue weighted by molar-refractivity contribution is 0.0945. The van der Waals surface area contributed by atoms with Gasteiger partial charge in [0, 0.05) is 31.8 Å². The Balaban J connectivity index is 1.62. The molecule has 0 atom stereocenters. The van der Waals surface area contributed by atoms with Gasteiger partial charge in [0.15, 0.2) is 11.5 Å². The van der Waals surface area contributed by atoms with E-state index in [1.54, 1.807) is 25.5 Å². The van der Waals surface area contributed by atoms with Crippen LogP contribution in [0.25, 0.3) is 28.1 Å². The minimum atomic E-state index is -0.858. The summed E-state index contributed by atoms with van der Waals surface area (Å²) < 4.78 is 7.15.